The Balaban J connectivity index is 0.971. The van der Waals surface area contributed by atoms with Crippen molar-refractivity contribution in [1.82, 2.24) is 0 Å². The fraction of sp³-hybridized carbons (Fsp3) is 0.321. The molecule has 0 aromatic heterocycles. The van der Waals surface area contributed by atoms with Crippen molar-refractivity contribution in [1.29, 1.82) is 0 Å². The minimum atomic E-state index is -1.39. The first-order chi connectivity index (χ1) is 31.9. The molecule has 2 heterocycles. The summed E-state index contributed by atoms with van der Waals surface area (Å²) in [6, 6.07) is 28.1. The Labute approximate surface area is 383 Å². The van der Waals surface area contributed by atoms with Gasteiger partial charge in [0.05, 0.1) is 60.5 Å². The number of nitrogens with zero attached hydrogens (tertiary/aromatic N) is 2. The van der Waals surface area contributed by atoms with Crippen LogP contribution < -0.4 is 28.7 Å². The molecule has 0 aliphatic carbocycles. The maximum absolute atomic E-state index is 14.2. The second-order valence-electron chi connectivity index (χ2n) is 16.6. The molecule has 5 atom stereocenters. The van der Waals surface area contributed by atoms with Crippen molar-refractivity contribution < 1.29 is 53.1 Å². The smallest absolute Gasteiger partial charge is 0.321 e. The number of amides is 2. The van der Waals surface area contributed by atoms with E-state index in [4.69, 9.17) is 23.7 Å². The molecular formula is C53H54N2O11. The molecule has 2 amide bonds. The zero-order valence-corrected chi connectivity index (χ0v) is 38.1. The number of aliphatic hydroxyl groups is 2. The molecule has 0 fully saturated rings. The van der Waals surface area contributed by atoms with E-state index in [1.54, 1.807) is 55.5 Å². The maximum atomic E-state index is 14.2. The van der Waals surface area contributed by atoms with Crippen LogP contribution in [0.5, 0.6) is 23.0 Å². The Morgan fingerprint density at radius 2 is 1.06 bits per heavy atom. The second-order valence-corrected chi connectivity index (χ2v) is 16.6. The van der Waals surface area contributed by atoms with E-state index in [0.717, 1.165) is 5.39 Å². The van der Waals surface area contributed by atoms with Crippen LogP contribution in [-0.2, 0) is 20.7 Å². The Morgan fingerprint density at radius 3 is 1.56 bits per heavy atom. The van der Waals surface area contributed by atoms with Gasteiger partial charge in [0.25, 0.3) is 11.8 Å². The quantitative estimate of drug-likeness (QED) is 0.0703. The third kappa shape index (κ3) is 7.96. The average molecular weight is 895 g/mol. The van der Waals surface area contributed by atoms with Crippen LogP contribution in [0.3, 0.4) is 0 Å². The van der Waals surface area contributed by atoms with Gasteiger partial charge in [-0.1, -0.05) is 93.6 Å². The standard InChI is InChI=1S/C53H54N2O11/c1-8-29(5)64-47-38-18-14-12-16-36(38)45(62-7)41-43(47)51(59)55(49(41)57)34-26-22-32(23-27-34)35(10-3)53(61)66-40(56)28-31-20-24-33(25-21-31)54-50(58)42-44(52(54)60)48(65-30(6)9-2)39-19-15-13-17-37(39)46(42)63-11-4/h12-27,29-30,35,49,52,57,60H,8-11,28H2,1-7H3. The number of fused-ring (bicyclic) bond motifs is 4. The summed E-state index contributed by atoms with van der Waals surface area (Å²) >= 11 is 0. The van der Waals surface area contributed by atoms with Crippen LogP contribution in [0.2, 0.25) is 0 Å². The van der Waals surface area contributed by atoms with E-state index in [1.807, 2.05) is 83.1 Å². The molecule has 66 heavy (non-hydrogen) atoms. The first-order valence-corrected chi connectivity index (χ1v) is 22.5. The molecule has 6 aromatic rings. The van der Waals surface area contributed by atoms with Crippen LogP contribution in [0.25, 0.3) is 21.5 Å². The van der Waals surface area contributed by atoms with Gasteiger partial charge in [-0.3, -0.25) is 29.0 Å². The lowest BCUT2D eigenvalue weighted by Crippen LogP contribution is -2.28. The Bertz CT molecular complexity index is 2840. The van der Waals surface area contributed by atoms with E-state index in [0.29, 0.717) is 98.7 Å². The van der Waals surface area contributed by atoms with E-state index in [-0.39, 0.29) is 29.8 Å². The highest BCUT2D eigenvalue weighted by Gasteiger charge is 2.45. The molecule has 2 N–H and O–H groups in total. The van der Waals surface area contributed by atoms with Crippen molar-refractivity contribution in [3.8, 4) is 23.0 Å². The third-order valence-corrected chi connectivity index (χ3v) is 12.5. The lowest BCUT2D eigenvalue weighted by molar-refractivity contribution is -0.160. The molecule has 8 rings (SSSR count). The molecule has 2 aliphatic heterocycles. The van der Waals surface area contributed by atoms with E-state index < -0.39 is 42.1 Å². The number of carbonyl (C=O) groups excluding carboxylic acids is 4. The predicted molar refractivity (Wildman–Crippen MR) is 251 cm³/mol. The number of anilines is 2. The highest BCUT2D eigenvalue weighted by atomic mass is 16.6. The first-order valence-electron chi connectivity index (χ1n) is 22.5. The molecule has 342 valence electrons. The number of hydrogen-bond acceptors (Lipinski definition) is 11. The summed E-state index contributed by atoms with van der Waals surface area (Å²) in [5.74, 6) is -1.68. The SMILES string of the molecule is CCOc1c2c(c(OC(C)CC)c3ccccc13)C(O)N(c1ccc(CC(=O)OC(=O)C(CC)c3ccc(N4C(=O)c5c(c(OC)c6ccccc6c5OC(C)CC)C4O)cc3)cc1)C2=O. The summed E-state index contributed by atoms with van der Waals surface area (Å²) in [5.41, 5.74) is 2.94. The van der Waals surface area contributed by atoms with Gasteiger partial charge in [-0.05, 0) is 75.4 Å². The Hall–Kier alpha value is -6.96. The van der Waals surface area contributed by atoms with Crippen molar-refractivity contribution in [2.75, 3.05) is 23.5 Å². The van der Waals surface area contributed by atoms with Crippen LogP contribution in [0.1, 0.15) is 122 Å². The van der Waals surface area contributed by atoms with Crippen molar-refractivity contribution in [3.05, 3.63) is 130 Å². The first kappa shape index (κ1) is 45.6. The fourth-order valence-electron chi connectivity index (χ4n) is 8.84. The van der Waals surface area contributed by atoms with Gasteiger partial charge in [0, 0.05) is 32.9 Å². The molecule has 13 nitrogen and oxygen atoms in total. The summed E-state index contributed by atoms with van der Waals surface area (Å²) in [7, 11) is 1.50. The number of ether oxygens (including phenoxy) is 5. The minimum Gasteiger partial charge on any atom is -0.496 e. The monoisotopic (exact) mass is 894 g/mol. The number of benzene rings is 6. The lowest BCUT2D eigenvalue weighted by atomic mass is 9.96. The zero-order valence-electron chi connectivity index (χ0n) is 38.1. The van der Waals surface area contributed by atoms with Gasteiger partial charge in [-0.25, -0.2) is 0 Å². The van der Waals surface area contributed by atoms with Gasteiger partial charge < -0.3 is 33.9 Å². The van der Waals surface area contributed by atoms with E-state index in [2.05, 4.69) is 0 Å². The normalized spacial score (nSPS) is 16.8. The van der Waals surface area contributed by atoms with Crippen molar-refractivity contribution in [2.24, 2.45) is 0 Å². The number of rotatable bonds is 16. The van der Waals surface area contributed by atoms with Gasteiger partial charge in [-0.2, -0.15) is 0 Å². The molecular weight excluding hydrogens is 841 g/mol. The van der Waals surface area contributed by atoms with Crippen LogP contribution in [0, 0.1) is 0 Å². The van der Waals surface area contributed by atoms with Crippen molar-refractivity contribution in [3.63, 3.8) is 0 Å². The summed E-state index contributed by atoms with van der Waals surface area (Å²) in [5, 5.41) is 26.4. The number of methoxy groups -OCH3 is 1. The third-order valence-electron chi connectivity index (χ3n) is 12.5. The van der Waals surface area contributed by atoms with Crippen molar-refractivity contribution in [2.45, 2.75) is 97.8 Å². The molecule has 5 unspecified atom stereocenters. The largest absolute Gasteiger partial charge is 0.496 e. The Kier molecular flexibility index (Phi) is 13.0. The van der Waals surface area contributed by atoms with Crippen LogP contribution >= 0.6 is 0 Å². The summed E-state index contributed by atoms with van der Waals surface area (Å²) in [6.45, 7) is 11.8. The van der Waals surface area contributed by atoms with Gasteiger partial charge in [-0.15, -0.1) is 0 Å². The molecule has 13 heteroatoms. The minimum absolute atomic E-state index is 0.191. The van der Waals surface area contributed by atoms with Gasteiger partial charge in [0.2, 0.25) is 0 Å². The topological polar surface area (TPSA) is 161 Å². The van der Waals surface area contributed by atoms with E-state index in [9.17, 15) is 29.4 Å². The molecule has 6 aromatic carbocycles. The zero-order chi connectivity index (χ0) is 47.0. The number of carbonyl (C=O) groups is 4. The highest BCUT2D eigenvalue weighted by molar-refractivity contribution is 6.18. The number of aliphatic hydroxyl groups excluding tert-OH is 2. The maximum Gasteiger partial charge on any atom is 0.321 e. The molecule has 0 spiro atoms. The summed E-state index contributed by atoms with van der Waals surface area (Å²) in [4.78, 5) is 57.7. The molecule has 0 saturated carbocycles. The van der Waals surface area contributed by atoms with Gasteiger partial charge in [0.15, 0.2) is 12.5 Å². The second kappa shape index (κ2) is 18.9. The van der Waals surface area contributed by atoms with Gasteiger partial charge in [0.1, 0.15) is 23.0 Å². The van der Waals surface area contributed by atoms with Crippen molar-refractivity contribution >= 4 is 56.7 Å². The van der Waals surface area contributed by atoms with Crippen LogP contribution in [0.15, 0.2) is 97.1 Å². The van der Waals surface area contributed by atoms with Crippen LogP contribution in [0.4, 0.5) is 11.4 Å². The summed E-state index contributed by atoms with van der Waals surface area (Å²) in [6.07, 6.45) is -1.67. The molecule has 0 saturated heterocycles. The van der Waals surface area contributed by atoms with Crippen LogP contribution in [-0.4, -0.2) is 59.9 Å². The highest BCUT2D eigenvalue weighted by Crippen LogP contribution is 2.52. The Morgan fingerprint density at radius 1 is 0.606 bits per heavy atom. The van der Waals surface area contributed by atoms with E-state index >= 15 is 0 Å². The molecule has 2 aliphatic rings. The number of hydrogen-bond donors (Lipinski definition) is 2. The molecule has 0 bridgehead atoms. The number of esters is 2. The van der Waals surface area contributed by atoms with E-state index in [1.165, 1.54) is 16.9 Å². The average Bonchev–Trinajstić information content (AvgIpc) is 3.74. The lowest BCUT2D eigenvalue weighted by Gasteiger charge is -2.23. The predicted octanol–water partition coefficient (Wildman–Crippen LogP) is 9.86. The van der Waals surface area contributed by atoms with Gasteiger partial charge >= 0.3 is 11.9 Å². The molecule has 0 radical (unpaired) electrons. The fourth-order valence-corrected chi connectivity index (χ4v) is 8.84. The summed E-state index contributed by atoms with van der Waals surface area (Å²) < 4.78 is 30.0.